The highest BCUT2D eigenvalue weighted by Gasteiger charge is 2.38. The van der Waals surface area contributed by atoms with Gasteiger partial charge in [-0.25, -0.2) is 15.0 Å². The van der Waals surface area contributed by atoms with E-state index >= 15 is 0 Å². The molecule has 1 aromatic carbocycles. The molecule has 10 heteroatoms. The van der Waals surface area contributed by atoms with Crippen LogP contribution in [-0.2, 0) is 0 Å². The van der Waals surface area contributed by atoms with E-state index in [1.165, 1.54) is 6.33 Å². The van der Waals surface area contributed by atoms with E-state index in [-0.39, 0.29) is 6.61 Å². The third-order valence-corrected chi connectivity index (χ3v) is 5.95. The molecule has 192 valence electrons. The Hall–Kier alpha value is -3.47. The fourth-order valence-corrected chi connectivity index (χ4v) is 4.27. The molecule has 1 fully saturated rings. The molecule has 4 N–H and O–H groups in total. The Bertz CT molecular complexity index is 1320. The Balaban J connectivity index is 0.00000148. The predicted octanol–water partition coefficient (Wildman–Crippen LogP) is 3.42. The first-order valence-corrected chi connectivity index (χ1v) is 12.2. The van der Waals surface area contributed by atoms with Gasteiger partial charge < -0.3 is 30.0 Å². The minimum Gasteiger partial charge on any atom is -0.493 e. The molecule has 1 aliphatic rings. The Morgan fingerprint density at radius 2 is 1.92 bits per heavy atom. The molecule has 0 unspecified atom stereocenters. The summed E-state index contributed by atoms with van der Waals surface area (Å²) in [5, 5.41) is 10.9. The summed E-state index contributed by atoms with van der Waals surface area (Å²) in [7, 11) is 1.60. The lowest BCUT2D eigenvalue weighted by Crippen LogP contribution is -2.69. The van der Waals surface area contributed by atoms with Gasteiger partial charge in [-0.1, -0.05) is 13.8 Å². The van der Waals surface area contributed by atoms with Crippen molar-refractivity contribution < 1.29 is 19.3 Å². The highest BCUT2D eigenvalue weighted by Crippen LogP contribution is 2.36. The van der Waals surface area contributed by atoms with Crippen LogP contribution in [0.25, 0.3) is 21.9 Å². The zero-order valence-corrected chi connectivity index (χ0v) is 21.2. The van der Waals surface area contributed by atoms with E-state index in [0.29, 0.717) is 53.7 Å². The summed E-state index contributed by atoms with van der Waals surface area (Å²) < 4.78 is 17.6. The zero-order chi connectivity index (χ0) is 25.7. The first-order chi connectivity index (χ1) is 17.5. The normalized spacial score (nSPS) is 14.7. The summed E-state index contributed by atoms with van der Waals surface area (Å²) in [6.07, 6.45) is 3.95. The average Bonchev–Trinajstić information content (AvgIpc) is 3.25. The third-order valence-electron chi connectivity index (χ3n) is 5.95. The maximum absolute atomic E-state index is 9.26. The maximum Gasteiger partial charge on any atom is 0.230 e. The minimum absolute atomic E-state index is 0.0127. The topological polar surface area (TPSA) is 132 Å². The van der Waals surface area contributed by atoms with E-state index in [2.05, 4.69) is 24.8 Å². The number of aromatic amines is 1. The molecule has 1 aliphatic heterocycles. The van der Waals surface area contributed by atoms with Gasteiger partial charge in [0.1, 0.15) is 17.7 Å². The monoisotopic (exact) mass is 494 g/mol. The average molecular weight is 495 g/mol. The van der Waals surface area contributed by atoms with Gasteiger partial charge >= 0.3 is 0 Å². The second-order valence-corrected chi connectivity index (χ2v) is 8.80. The quantitative estimate of drug-likeness (QED) is 0.299. The molecule has 0 saturated carbocycles. The summed E-state index contributed by atoms with van der Waals surface area (Å²) in [4.78, 5) is 18.5. The third kappa shape index (κ3) is 5.51. The smallest absolute Gasteiger partial charge is 0.230 e. The molecule has 0 spiro atoms. The number of rotatable bonds is 9. The van der Waals surface area contributed by atoms with E-state index in [9.17, 15) is 5.11 Å². The fourth-order valence-electron chi connectivity index (χ4n) is 4.27. The molecule has 4 aromatic rings. The number of likely N-dealkylation sites (tertiary alicyclic amines) is 1. The van der Waals surface area contributed by atoms with Crippen molar-refractivity contribution in [1.29, 1.82) is 0 Å². The number of aromatic nitrogens is 4. The SMILES string of the molecule is CC.COc1cc2c(Oc3cnc4[nH]c(C)cc4c3)ncnc2cc1OCCCN1CC(N)(CO)C1. The number of pyridine rings is 1. The van der Waals surface area contributed by atoms with Crippen LogP contribution in [0.5, 0.6) is 23.1 Å². The minimum atomic E-state index is -0.454. The van der Waals surface area contributed by atoms with Crippen LogP contribution in [0, 0.1) is 6.92 Å². The number of fused-ring (bicyclic) bond motifs is 2. The lowest BCUT2D eigenvalue weighted by Gasteiger charge is -2.46. The molecular weight excluding hydrogens is 460 g/mol. The number of hydrogen-bond donors (Lipinski definition) is 3. The van der Waals surface area contributed by atoms with Gasteiger partial charge in [-0.2, -0.15) is 0 Å². The van der Waals surface area contributed by atoms with Crippen LogP contribution in [0.3, 0.4) is 0 Å². The number of aliphatic hydroxyl groups excluding tert-OH is 1. The van der Waals surface area contributed by atoms with Crippen molar-refractivity contribution in [2.75, 3.05) is 40.0 Å². The van der Waals surface area contributed by atoms with Crippen molar-refractivity contribution in [3.05, 3.63) is 42.5 Å². The van der Waals surface area contributed by atoms with E-state index in [1.807, 2.05) is 45.0 Å². The van der Waals surface area contributed by atoms with E-state index in [1.54, 1.807) is 13.3 Å². The van der Waals surface area contributed by atoms with Crippen LogP contribution in [0.15, 0.2) is 36.8 Å². The highest BCUT2D eigenvalue weighted by atomic mass is 16.5. The van der Waals surface area contributed by atoms with Crippen molar-refractivity contribution in [1.82, 2.24) is 24.8 Å². The van der Waals surface area contributed by atoms with Crippen LogP contribution >= 0.6 is 0 Å². The number of H-pyrrole nitrogens is 1. The molecule has 5 rings (SSSR count). The highest BCUT2D eigenvalue weighted by molar-refractivity contribution is 5.87. The van der Waals surface area contributed by atoms with Crippen molar-refractivity contribution in [2.24, 2.45) is 5.73 Å². The van der Waals surface area contributed by atoms with E-state index < -0.39 is 5.54 Å². The number of hydrogen-bond acceptors (Lipinski definition) is 9. The second-order valence-electron chi connectivity index (χ2n) is 8.80. The Morgan fingerprint density at radius 3 is 2.67 bits per heavy atom. The summed E-state index contributed by atoms with van der Waals surface area (Å²) in [5.41, 5.74) is 8.08. The lowest BCUT2D eigenvalue weighted by atomic mass is 9.92. The first-order valence-electron chi connectivity index (χ1n) is 12.2. The van der Waals surface area contributed by atoms with Gasteiger partial charge in [-0.05, 0) is 31.5 Å². The largest absolute Gasteiger partial charge is 0.493 e. The van der Waals surface area contributed by atoms with Crippen molar-refractivity contribution in [3.63, 3.8) is 0 Å². The second kappa shape index (κ2) is 11.1. The van der Waals surface area contributed by atoms with Gasteiger partial charge in [0, 0.05) is 36.8 Å². The zero-order valence-electron chi connectivity index (χ0n) is 21.2. The maximum atomic E-state index is 9.26. The number of methoxy groups -OCH3 is 1. The summed E-state index contributed by atoms with van der Waals surface area (Å²) in [6.45, 7) is 8.78. The molecule has 0 aliphatic carbocycles. The van der Waals surface area contributed by atoms with Gasteiger partial charge in [-0.15, -0.1) is 0 Å². The van der Waals surface area contributed by atoms with Gasteiger partial charge in [0.25, 0.3) is 0 Å². The van der Waals surface area contributed by atoms with Gasteiger partial charge in [0.05, 0.1) is 43.0 Å². The standard InChI is InChI=1S/C24H28N6O4.C2H6/c1-15-6-16-7-17(10-26-22(16)29-15)34-23-18-8-20(32-2)21(9-19(18)27-14-28-23)33-5-3-4-30-11-24(25,12-30)13-31;1-2/h6-10,14,31H,3-5,11-13,25H2,1-2H3,(H,26,29);1-2H3. The number of benzene rings is 1. The molecule has 0 amide bonds. The Kier molecular flexibility index (Phi) is 7.88. The lowest BCUT2D eigenvalue weighted by molar-refractivity contribution is 0.0236. The molecular formula is C26H34N6O4. The molecule has 10 nitrogen and oxygen atoms in total. The fraction of sp³-hybridized carbons (Fsp3) is 0.423. The van der Waals surface area contributed by atoms with E-state index in [4.69, 9.17) is 19.9 Å². The molecule has 0 atom stereocenters. The summed E-state index contributed by atoms with van der Waals surface area (Å²) >= 11 is 0. The molecule has 36 heavy (non-hydrogen) atoms. The summed E-state index contributed by atoms with van der Waals surface area (Å²) in [5.74, 6) is 2.18. The van der Waals surface area contributed by atoms with Crippen LogP contribution in [-0.4, -0.2) is 75.4 Å². The summed E-state index contributed by atoms with van der Waals surface area (Å²) in [6, 6.07) is 7.59. The number of aliphatic hydroxyl groups is 1. The Morgan fingerprint density at radius 1 is 1.11 bits per heavy atom. The first kappa shape index (κ1) is 25.6. The van der Waals surface area contributed by atoms with Crippen molar-refractivity contribution >= 4 is 21.9 Å². The van der Waals surface area contributed by atoms with Crippen LogP contribution < -0.4 is 19.9 Å². The van der Waals surface area contributed by atoms with Gasteiger partial charge in [0.2, 0.25) is 5.88 Å². The number of ether oxygens (including phenoxy) is 3. The van der Waals surface area contributed by atoms with E-state index in [0.717, 1.165) is 29.7 Å². The number of aryl methyl sites for hydroxylation is 1. The van der Waals surface area contributed by atoms with Crippen LogP contribution in [0.4, 0.5) is 0 Å². The van der Waals surface area contributed by atoms with Crippen molar-refractivity contribution in [3.8, 4) is 23.1 Å². The molecule has 1 saturated heterocycles. The van der Waals surface area contributed by atoms with Gasteiger partial charge in [0.15, 0.2) is 11.5 Å². The Labute approximate surface area is 210 Å². The van der Waals surface area contributed by atoms with Crippen LogP contribution in [0.1, 0.15) is 26.0 Å². The predicted molar refractivity (Wildman–Crippen MR) is 139 cm³/mol. The molecule has 3 aromatic heterocycles. The van der Waals surface area contributed by atoms with Crippen molar-refractivity contribution in [2.45, 2.75) is 32.7 Å². The molecule has 4 heterocycles. The number of nitrogens with one attached hydrogen (secondary N) is 1. The van der Waals surface area contributed by atoms with Crippen LogP contribution in [0.2, 0.25) is 0 Å². The molecule has 0 radical (unpaired) electrons. The molecule has 0 bridgehead atoms. The number of nitrogens with zero attached hydrogens (tertiary/aromatic N) is 4. The van der Waals surface area contributed by atoms with Gasteiger partial charge in [-0.3, -0.25) is 4.90 Å². The number of nitrogens with two attached hydrogens (primary N) is 1.